The summed E-state index contributed by atoms with van der Waals surface area (Å²) in [6.45, 7) is 1.40. The highest BCUT2D eigenvalue weighted by Gasteiger charge is 2.07. The minimum Gasteiger partial charge on any atom is -0.497 e. The highest BCUT2D eigenvalue weighted by molar-refractivity contribution is 5.89. The predicted octanol–water partition coefficient (Wildman–Crippen LogP) is 1.67. The molecule has 0 bridgehead atoms. The average molecular weight is 237 g/mol. The fourth-order valence-corrected chi connectivity index (χ4v) is 1.45. The first-order valence-electron chi connectivity index (χ1n) is 5.19. The topological polar surface area (TPSA) is 75.6 Å². The van der Waals surface area contributed by atoms with Gasteiger partial charge in [-0.15, -0.1) is 0 Å². The van der Waals surface area contributed by atoms with Crippen molar-refractivity contribution in [2.45, 2.75) is 19.8 Å². The van der Waals surface area contributed by atoms with Gasteiger partial charge in [-0.3, -0.25) is 9.59 Å². The van der Waals surface area contributed by atoms with Crippen LogP contribution in [0.3, 0.4) is 0 Å². The molecule has 0 unspecified atom stereocenters. The molecule has 1 rings (SSSR count). The monoisotopic (exact) mass is 237 g/mol. The molecule has 0 saturated heterocycles. The first kappa shape index (κ1) is 13.0. The zero-order valence-corrected chi connectivity index (χ0v) is 9.82. The van der Waals surface area contributed by atoms with Crippen LogP contribution in [-0.4, -0.2) is 24.1 Å². The van der Waals surface area contributed by atoms with Crippen LogP contribution in [0.15, 0.2) is 18.2 Å². The predicted molar refractivity (Wildman–Crippen MR) is 63.3 cm³/mol. The largest absolute Gasteiger partial charge is 0.497 e. The van der Waals surface area contributed by atoms with Gasteiger partial charge >= 0.3 is 5.97 Å². The molecule has 0 fully saturated rings. The van der Waals surface area contributed by atoms with E-state index < -0.39 is 5.97 Å². The molecule has 0 heterocycles. The Hall–Kier alpha value is -2.04. The van der Waals surface area contributed by atoms with Crippen LogP contribution in [0.2, 0.25) is 0 Å². The number of hydrogen-bond acceptors (Lipinski definition) is 3. The molecular weight excluding hydrogens is 222 g/mol. The van der Waals surface area contributed by atoms with Crippen molar-refractivity contribution in [1.29, 1.82) is 0 Å². The number of methoxy groups -OCH3 is 1. The molecule has 1 aromatic rings. The van der Waals surface area contributed by atoms with Crippen LogP contribution in [0, 0.1) is 0 Å². The minimum atomic E-state index is -0.866. The lowest BCUT2D eigenvalue weighted by molar-refractivity contribution is -0.136. The Kier molecular flexibility index (Phi) is 4.51. The van der Waals surface area contributed by atoms with Crippen LogP contribution in [0.4, 0.5) is 5.69 Å². The quantitative estimate of drug-likeness (QED) is 0.816. The van der Waals surface area contributed by atoms with Gasteiger partial charge in [0.05, 0.1) is 7.11 Å². The van der Waals surface area contributed by atoms with Crippen molar-refractivity contribution in [3.63, 3.8) is 0 Å². The summed E-state index contributed by atoms with van der Waals surface area (Å²) in [7, 11) is 1.53. The van der Waals surface area contributed by atoms with Gasteiger partial charge in [-0.1, -0.05) is 6.07 Å². The van der Waals surface area contributed by atoms with E-state index in [0.717, 1.165) is 5.56 Å². The molecule has 0 saturated carbocycles. The average Bonchev–Trinajstić information content (AvgIpc) is 2.26. The fraction of sp³-hybridized carbons (Fsp3) is 0.333. The van der Waals surface area contributed by atoms with Crippen LogP contribution in [-0.2, 0) is 16.0 Å². The summed E-state index contributed by atoms with van der Waals surface area (Å²) in [6, 6.07) is 5.17. The number of benzene rings is 1. The van der Waals surface area contributed by atoms with Crippen molar-refractivity contribution >= 4 is 17.6 Å². The number of nitrogens with one attached hydrogen (secondary N) is 1. The van der Waals surface area contributed by atoms with E-state index in [1.165, 1.54) is 14.0 Å². The Bertz CT molecular complexity index is 429. The highest BCUT2D eigenvalue weighted by Crippen LogP contribution is 2.23. The first-order chi connectivity index (χ1) is 8.02. The second kappa shape index (κ2) is 5.89. The molecule has 0 radical (unpaired) electrons. The third-order valence-corrected chi connectivity index (χ3v) is 2.24. The van der Waals surface area contributed by atoms with Gasteiger partial charge in [0.2, 0.25) is 5.91 Å². The first-order valence-corrected chi connectivity index (χ1v) is 5.19. The summed E-state index contributed by atoms with van der Waals surface area (Å²) < 4.78 is 5.05. The van der Waals surface area contributed by atoms with E-state index in [1.807, 2.05) is 0 Å². The Morgan fingerprint density at radius 3 is 2.65 bits per heavy atom. The highest BCUT2D eigenvalue weighted by atomic mass is 16.5. The van der Waals surface area contributed by atoms with Crippen LogP contribution in [0.5, 0.6) is 5.75 Å². The number of aryl methyl sites for hydroxylation is 1. The molecule has 5 nitrogen and oxygen atoms in total. The number of amides is 1. The molecule has 0 aliphatic carbocycles. The third kappa shape index (κ3) is 4.14. The van der Waals surface area contributed by atoms with Crippen molar-refractivity contribution in [3.05, 3.63) is 23.8 Å². The van der Waals surface area contributed by atoms with Gasteiger partial charge < -0.3 is 15.2 Å². The number of anilines is 1. The van der Waals surface area contributed by atoms with Crippen molar-refractivity contribution in [3.8, 4) is 5.75 Å². The third-order valence-electron chi connectivity index (χ3n) is 2.24. The van der Waals surface area contributed by atoms with Crippen LogP contribution in [0.1, 0.15) is 18.9 Å². The van der Waals surface area contributed by atoms with E-state index in [4.69, 9.17) is 9.84 Å². The van der Waals surface area contributed by atoms with E-state index in [0.29, 0.717) is 17.9 Å². The number of carbonyl (C=O) groups is 2. The summed E-state index contributed by atoms with van der Waals surface area (Å²) in [4.78, 5) is 21.6. The van der Waals surface area contributed by atoms with Gasteiger partial charge in [0.25, 0.3) is 0 Å². The molecular formula is C12H15NO4. The summed E-state index contributed by atoms with van der Waals surface area (Å²) >= 11 is 0. The molecule has 0 aliphatic heterocycles. The smallest absolute Gasteiger partial charge is 0.303 e. The molecule has 5 heteroatoms. The molecule has 1 aromatic carbocycles. The Morgan fingerprint density at radius 1 is 1.41 bits per heavy atom. The lowest BCUT2D eigenvalue weighted by atomic mass is 10.1. The van der Waals surface area contributed by atoms with Gasteiger partial charge in [0, 0.05) is 25.1 Å². The fourth-order valence-electron chi connectivity index (χ4n) is 1.45. The van der Waals surface area contributed by atoms with E-state index in [2.05, 4.69) is 5.32 Å². The molecule has 2 N–H and O–H groups in total. The van der Waals surface area contributed by atoms with Crippen LogP contribution in [0.25, 0.3) is 0 Å². The molecule has 17 heavy (non-hydrogen) atoms. The van der Waals surface area contributed by atoms with Crippen molar-refractivity contribution in [2.75, 3.05) is 12.4 Å². The van der Waals surface area contributed by atoms with Crippen molar-refractivity contribution in [1.82, 2.24) is 0 Å². The lowest BCUT2D eigenvalue weighted by Crippen LogP contribution is -2.09. The second-order valence-corrected chi connectivity index (χ2v) is 3.60. The van der Waals surface area contributed by atoms with Crippen LogP contribution < -0.4 is 10.1 Å². The van der Waals surface area contributed by atoms with Gasteiger partial charge in [0.1, 0.15) is 5.75 Å². The zero-order valence-electron chi connectivity index (χ0n) is 9.82. The van der Waals surface area contributed by atoms with Gasteiger partial charge in [0.15, 0.2) is 0 Å². The van der Waals surface area contributed by atoms with Gasteiger partial charge in [-0.05, 0) is 18.1 Å². The SMILES string of the molecule is COc1ccc(CCC(=O)O)c(NC(C)=O)c1. The van der Waals surface area contributed by atoms with Crippen molar-refractivity contribution in [2.24, 2.45) is 0 Å². The number of carbonyl (C=O) groups excluding carboxylic acids is 1. The summed E-state index contributed by atoms with van der Waals surface area (Å²) in [5, 5.41) is 11.3. The number of aliphatic carboxylic acids is 1. The number of rotatable bonds is 5. The molecule has 92 valence electrons. The van der Waals surface area contributed by atoms with E-state index in [1.54, 1.807) is 18.2 Å². The zero-order chi connectivity index (χ0) is 12.8. The molecule has 1 amide bonds. The van der Waals surface area contributed by atoms with E-state index in [9.17, 15) is 9.59 Å². The number of ether oxygens (including phenoxy) is 1. The molecule has 0 aliphatic rings. The van der Waals surface area contributed by atoms with Crippen LogP contribution >= 0.6 is 0 Å². The normalized spacial score (nSPS) is 9.76. The Balaban J connectivity index is 2.93. The Labute approximate surface area is 99.4 Å². The summed E-state index contributed by atoms with van der Waals surface area (Å²) in [5.41, 5.74) is 1.38. The molecule has 0 atom stereocenters. The van der Waals surface area contributed by atoms with Gasteiger partial charge in [-0.25, -0.2) is 0 Å². The summed E-state index contributed by atoms with van der Waals surface area (Å²) in [5.74, 6) is -0.447. The lowest BCUT2D eigenvalue weighted by Gasteiger charge is -2.11. The number of carboxylic acids is 1. The Morgan fingerprint density at radius 2 is 2.12 bits per heavy atom. The van der Waals surface area contributed by atoms with Crippen molar-refractivity contribution < 1.29 is 19.4 Å². The molecule has 0 spiro atoms. The number of carboxylic acid groups (broad SMARTS) is 1. The maximum Gasteiger partial charge on any atom is 0.303 e. The van der Waals surface area contributed by atoms with E-state index >= 15 is 0 Å². The molecule has 0 aromatic heterocycles. The number of hydrogen-bond donors (Lipinski definition) is 2. The second-order valence-electron chi connectivity index (χ2n) is 3.60. The maximum absolute atomic E-state index is 11.0. The minimum absolute atomic E-state index is 0.0267. The standard InChI is InChI=1S/C12H15NO4/c1-8(14)13-11-7-10(17-2)5-3-9(11)4-6-12(15)16/h3,5,7H,4,6H2,1-2H3,(H,13,14)(H,15,16). The summed E-state index contributed by atoms with van der Waals surface area (Å²) in [6.07, 6.45) is 0.397. The maximum atomic E-state index is 11.0. The van der Waals surface area contributed by atoms with Gasteiger partial charge in [-0.2, -0.15) is 0 Å². The van der Waals surface area contributed by atoms with E-state index in [-0.39, 0.29) is 12.3 Å².